The summed E-state index contributed by atoms with van der Waals surface area (Å²) in [5.41, 5.74) is 6.66. The van der Waals surface area contributed by atoms with E-state index in [0.29, 0.717) is 16.8 Å². The van der Waals surface area contributed by atoms with Gasteiger partial charge < -0.3 is 16.3 Å². The maximum atomic E-state index is 13.0. The largest absolute Gasteiger partial charge is 0.409 e. The third-order valence-electron chi connectivity index (χ3n) is 2.73. The number of carbonyl (C=O) groups excluding carboxylic acids is 1. The number of nitrogens with zero attached hydrogens (tertiary/aromatic N) is 1. The van der Waals surface area contributed by atoms with E-state index in [4.69, 9.17) is 22.5 Å². The molecule has 21 heavy (non-hydrogen) atoms. The van der Waals surface area contributed by atoms with Crippen LogP contribution in [0.4, 0.5) is 10.1 Å². The Morgan fingerprint density at radius 1 is 1.19 bits per heavy atom. The minimum absolute atomic E-state index is 0.0488. The third-order valence-corrected chi connectivity index (χ3v) is 3.02. The topological polar surface area (TPSA) is 87.7 Å². The van der Waals surface area contributed by atoms with Crippen LogP contribution in [-0.4, -0.2) is 17.0 Å². The molecule has 7 heteroatoms. The fourth-order valence-corrected chi connectivity index (χ4v) is 1.81. The van der Waals surface area contributed by atoms with Gasteiger partial charge in [0.15, 0.2) is 5.84 Å². The van der Waals surface area contributed by atoms with Crippen LogP contribution in [0.3, 0.4) is 0 Å². The average Bonchev–Trinajstić information content (AvgIpc) is 2.50. The molecule has 2 aromatic rings. The highest BCUT2D eigenvalue weighted by molar-refractivity contribution is 6.31. The molecule has 0 saturated heterocycles. The van der Waals surface area contributed by atoms with E-state index in [1.165, 1.54) is 30.3 Å². The van der Waals surface area contributed by atoms with E-state index in [1.54, 1.807) is 12.1 Å². The number of rotatable bonds is 3. The molecule has 0 saturated carbocycles. The Labute approximate surface area is 124 Å². The van der Waals surface area contributed by atoms with Crippen LogP contribution in [0.25, 0.3) is 0 Å². The number of nitrogens with one attached hydrogen (secondary N) is 1. The summed E-state index contributed by atoms with van der Waals surface area (Å²) in [6.45, 7) is 0. The number of halogens is 2. The van der Waals surface area contributed by atoms with Crippen molar-refractivity contribution in [1.29, 1.82) is 0 Å². The van der Waals surface area contributed by atoms with Gasteiger partial charge in [-0.3, -0.25) is 4.79 Å². The number of oxime groups is 1. The number of hydrogen-bond donors (Lipinski definition) is 3. The Kier molecular flexibility index (Phi) is 4.39. The molecule has 5 nitrogen and oxygen atoms in total. The fourth-order valence-electron chi connectivity index (χ4n) is 1.63. The predicted octanol–water partition coefficient (Wildman–Crippen LogP) is 2.83. The van der Waals surface area contributed by atoms with Gasteiger partial charge in [-0.1, -0.05) is 28.9 Å². The van der Waals surface area contributed by atoms with Crippen LogP contribution in [-0.2, 0) is 0 Å². The van der Waals surface area contributed by atoms with Gasteiger partial charge >= 0.3 is 0 Å². The molecule has 0 bridgehead atoms. The first-order valence-electron chi connectivity index (χ1n) is 5.85. The zero-order valence-electron chi connectivity index (χ0n) is 10.7. The lowest BCUT2D eigenvalue weighted by atomic mass is 10.1. The number of amides is 1. The highest BCUT2D eigenvalue weighted by atomic mass is 35.5. The Balaban J connectivity index is 2.14. The molecular weight excluding hydrogens is 297 g/mol. The van der Waals surface area contributed by atoms with Crippen LogP contribution in [0.2, 0.25) is 5.02 Å². The van der Waals surface area contributed by atoms with Gasteiger partial charge in [0, 0.05) is 16.8 Å². The molecule has 0 fully saturated rings. The van der Waals surface area contributed by atoms with Crippen molar-refractivity contribution in [1.82, 2.24) is 0 Å². The molecule has 108 valence electrons. The maximum absolute atomic E-state index is 13.0. The molecule has 1 amide bonds. The zero-order valence-corrected chi connectivity index (χ0v) is 11.4. The van der Waals surface area contributed by atoms with Crippen LogP contribution in [0, 0.1) is 5.82 Å². The lowest BCUT2D eigenvalue weighted by Gasteiger charge is -2.06. The molecule has 0 aromatic heterocycles. The first-order valence-corrected chi connectivity index (χ1v) is 6.23. The van der Waals surface area contributed by atoms with Gasteiger partial charge in [0.2, 0.25) is 0 Å². The molecular formula is C14H11ClFN3O2. The van der Waals surface area contributed by atoms with Crippen LogP contribution in [0.15, 0.2) is 47.6 Å². The van der Waals surface area contributed by atoms with Gasteiger partial charge in [-0.25, -0.2) is 4.39 Å². The second kappa shape index (κ2) is 6.23. The molecule has 0 heterocycles. The number of nitrogens with two attached hydrogens (primary N) is 1. The molecule has 0 atom stereocenters. The van der Waals surface area contributed by atoms with E-state index < -0.39 is 5.82 Å². The Morgan fingerprint density at radius 2 is 1.81 bits per heavy atom. The molecule has 2 rings (SSSR count). The first kappa shape index (κ1) is 14.8. The van der Waals surface area contributed by atoms with Crippen molar-refractivity contribution in [3.63, 3.8) is 0 Å². The monoisotopic (exact) mass is 307 g/mol. The van der Waals surface area contributed by atoms with Crippen molar-refractivity contribution in [2.45, 2.75) is 0 Å². The molecule has 0 aliphatic rings. The van der Waals surface area contributed by atoms with Crippen LogP contribution < -0.4 is 11.1 Å². The molecule has 2 aromatic carbocycles. The van der Waals surface area contributed by atoms with Crippen molar-refractivity contribution < 1.29 is 14.4 Å². The molecule has 0 radical (unpaired) electrons. The molecule has 0 spiro atoms. The summed E-state index contributed by atoms with van der Waals surface area (Å²) >= 11 is 5.64. The minimum atomic E-state index is -0.558. The normalized spacial score (nSPS) is 11.2. The highest BCUT2D eigenvalue weighted by Crippen LogP contribution is 2.20. The predicted molar refractivity (Wildman–Crippen MR) is 78.3 cm³/mol. The second-order valence-corrected chi connectivity index (χ2v) is 4.55. The molecule has 0 aliphatic heterocycles. The minimum Gasteiger partial charge on any atom is -0.409 e. The Bertz CT molecular complexity index is 702. The SMILES string of the molecule is N/C(=N\O)c1ccc(C(=O)Nc2ccc(F)c(Cl)c2)cc1. The fraction of sp³-hybridized carbons (Fsp3) is 0. The summed E-state index contributed by atoms with van der Waals surface area (Å²) in [6.07, 6.45) is 0. The second-order valence-electron chi connectivity index (χ2n) is 4.15. The average molecular weight is 308 g/mol. The van der Waals surface area contributed by atoms with Gasteiger partial charge in [-0.05, 0) is 30.3 Å². The quantitative estimate of drug-likeness (QED) is 0.352. The lowest BCUT2D eigenvalue weighted by Crippen LogP contribution is -2.15. The van der Waals surface area contributed by atoms with Crippen molar-refractivity contribution >= 4 is 29.0 Å². The Morgan fingerprint density at radius 3 is 2.38 bits per heavy atom. The standard InChI is InChI=1S/C14H11ClFN3O2/c15-11-7-10(5-6-12(11)16)18-14(20)9-3-1-8(2-4-9)13(17)19-21/h1-7,21H,(H2,17,19)(H,18,20). The highest BCUT2D eigenvalue weighted by Gasteiger charge is 2.08. The van der Waals surface area contributed by atoms with Gasteiger partial charge in [0.1, 0.15) is 5.82 Å². The summed E-state index contributed by atoms with van der Waals surface area (Å²) in [6, 6.07) is 10.0. The van der Waals surface area contributed by atoms with E-state index in [9.17, 15) is 9.18 Å². The van der Waals surface area contributed by atoms with Crippen LogP contribution in [0.5, 0.6) is 0 Å². The number of benzene rings is 2. The summed E-state index contributed by atoms with van der Waals surface area (Å²) in [5.74, 6) is -0.992. The Hall–Kier alpha value is -2.60. The van der Waals surface area contributed by atoms with E-state index >= 15 is 0 Å². The van der Waals surface area contributed by atoms with E-state index in [1.807, 2.05) is 0 Å². The summed E-state index contributed by atoms with van der Waals surface area (Å²) in [5, 5.41) is 13.9. The zero-order chi connectivity index (χ0) is 15.4. The van der Waals surface area contributed by atoms with Crippen molar-refractivity contribution in [3.05, 3.63) is 64.4 Å². The number of hydrogen-bond acceptors (Lipinski definition) is 3. The van der Waals surface area contributed by atoms with Crippen molar-refractivity contribution in [2.24, 2.45) is 10.9 Å². The lowest BCUT2D eigenvalue weighted by molar-refractivity contribution is 0.102. The number of anilines is 1. The first-order chi connectivity index (χ1) is 10.0. The van der Waals surface area contributed by atoms with Crippen LogP contribution >= 0.6 is 11.6 Å². The summed E-state index contributed by atoms with van der Waals surface area (Å²) in [4.78, 5) is 12.0. The van der Waals surface area contributed by atoms with Gasteiger partial charge in [0.05, 0.1) is 5.02 Å². The van der Waals surface area contributed by atoms with E-state index in [2.05, 4.69) is 10.5 Å². The van der Waals surface area contributed by atoms with Crippen molar-refractivity contribution in [2.75, 3.05) is 5.32 Å². The van der Waals surface area contributed by atoms with E-state index in [-0.39, 0.29) is 16.8 Å². The molecule has 0 unspecified atom stereocenters. The van der Waals surface area contributed by atoms with Gasteiger partial charge in [-0.2, -0.15) is 0 Å². The number of carbonyl (C=O) groups is 1. The number of amidine groups is 1. The maximum Gasteiger partial charge on any atom is 0.255 e. The van der Waals surface area contributed by atoms with E-state index in [0.717, 1.165) is 0 Å². The van der Waals surface area contributed by atoms with Crippen LogP contribution in [0.1, 0.15) is 15.9 Å². The summed E-state index contributed by atoms with van der Waals surface area (Å²) < 4.78 is 13.0. The van der Waals surface area contributed by atoms with Gasteiger partial charge in [-0.15, -0.1) is 0 Å². The smallest absolute Gasteiger partial charge is 0.255 e. The molecule has 4 N–H and O–H groups in total. The third kappa shape index (κ3) is 3.49. The molecule has 0 aliphatic carbocycles. The summed E-state index contributed by atoms with van der Waals surface area (Å²) in [7, 11) is 0. The van der Waals surface area contributed by atoms with Gasteiger partial charge in [0.25, 0.3) is 5.91 Å². The van der Waals surface area contributed by atoms with Crippen molar-refractivity contribution in [3.8, 4) is 0 Å².